The quantitative estimate of drug-likeness (QED) is 0.619. The maximum atomic E-state index is 11.6. The molecule has 0 radical (unpaired) electrons. The number of thioether (sulfide) groups is 1. The van der Waals surface area contributed by atoms with E-state index >= 15 is 0 Å². The fourth-order valence-corrected chi connectivity index (χ4v) is 2.74. The number of aliphatic hydroxyl groups is 2. The zero-order chi connectivity index (χ0) is 15.6. The molecule has 1 aliphatic heterocycles. The predicted molar refractivity (Wildman–Crippen MR) is 74.9 cm³/mol. The molecular formula is C14H14O6S. The van der Waals surface area contributed by atoms with Gasteiger partial charge in [0.1, 0.15) is 6.10 Å². The number of benzene rings is 1. The molecule has 7 heteroatoms. The van der Waals surface area contributed by atoms with Crippen LogP contribution in [0.2, 0.25) is 0 Å². The zero-order valence-corrected chi connectivity index (χ0v) is 12.1. The number of cyclic esters (lactones) is 2. The summed E-state index contributed by atoms with van der Waals surface area (Å²) in [6, 6.07) is 4.40. The van der Waals surface area contributed by atoms with Gasteiger partial charge in [-0.1, -0.05) is 23.9 Å². The first-order valence-corrected chi connectivity index (χ1v) is 7.29. The van der Waals surface area contributed by atoms with Crippen molar-refractivity contribution in [1.82, 2.24) is 0 Å². The predicted octanol–water partition coefficient (Wildman–Crippen LogP) is 1.06. The van der Waals surface area contributed by atoms with E-state index in [1.807, 2.05) is 0 Å². The van der Waals surface area contributed by atoms with Crippen LogP contribution in [-0.4, -0.2) is 39.1 Å². The van der Waals surface area contributed by atoms with Gasteiger partial charge in [0.25, 0.3) is 0 Å². The summed E-state index contributed by atoms with van der Waals surface area (Å²) < 4.78 is 4.50. The highest BCUT2D eigenvalue weighted by atomic mass is 32.2. The lowest BCUT2D eigenvalue weighted by Crippen LogP contribution is -2.21. The van der Waals surface area contributed by atoms with E-state index in [4.69, 9.17) is 0 Å². The second-order valence-electron chi connectivity index (χ2n) is 4.59. The Labute approximate surface area is 125 Å². The molecule has 6 nitrogen and oxygen atoms in total. The molecule has 2 atom stereocenters. The van der Waals surface area contributed by atoms with E-state index in [1.165, 1.54) is 25.1 Å². The number of carbonyl (C=O) groups is 3. The van der Waals surface area contributed by atoms with Crippen molar-refractivity contribution in [1.29, 1.82) is 0 Å². The largest absolute Gasteiger partial charge is 0.390 e. The molecule has 1 aromatic rings. The summed E-state index contributed by atoms with van der Waals surface area (Å²) in [5, 5.41) is 20.0. The maximum absolute atomic E-state index is 11.6. The molecule has 0 fully saturated rings. The Morgan fingerprint density at radius 2 is 2.00 bits per heavy atom. The maximum Gasteiger partial charge on any atom is 0.347 e. The summed E-state index contributed by atoms with van der Waals surface area (Å²) in [5.41, 5.74) is 0.235. The average Bonchev–Trinajstić information content (AvgIpc) is 2.73. The minimum Gasteiger partial charge on any atom is -0.390 e. The highest BCUT2D eigenvalue weighted by molar-refractivity contribution is 8.13. The molecule has 0 saturated carbocycles. The van der Waals surface area contributed by atoms with E-state index in [0.29, 0.717) is 5.75 Å². The summed E-state index contributed by atoms with van der Waals surface area (Å²) >= 11 is 1.04. The number of esters is 2. The lowest BCUT2D eigenvalue weighted by molar-refractivity contribution is -0.109. The van der Waals surface area contributed by atoms with Crippen LogP contribution >= 0.6 is 11.8 Å². The molecule has 0 aromatic heterocycles. The first-order valence-electron chi connectivity index (χ1n) is 6.30. The summed E-state index contributed by atoms with van der Waals surface area (Å²) in [4.78, 5) is 33.9. The highest BCUT2D eigenvalue weighted by Gasteiger charge is 2.35. The van der Waals surface area contributed by atoms with Crippen molar-refractivity contribution >= 4 is 28.8 Å². The molecular weight excluding hydrogens is 296 g/mol. The fourth-order valence-electron chi connectivity index (χ4n) is 2.09. The zero-order valence-electron chi connectivity index (χ0n) is 11.2. The number of rotatable bonds is 5. The summed E-state index contributed by atoms with van der Waals surface area (Å²) in [6.45, 7) is 1.42. The van der Waals surface area contributed by atoms with Crippen LogP contribution in [-0.2, 0) is 9.53 Å². The molecule has 0 amide bonds. The van der Waals surface area contributed by atoms with Crippen molar-refractivity contribution < 1.29 is 29.3 Å². The van der Waals surface area contributed by atoms with Crippen molar-refractivity contribution in [3.8, 4) is 0 Å². The fraction of sp³-hybridized carbons (Fsp3) is 0.357. The van der Waals surface area contributed by atoms with Crippen LogP contribution in [0.3, 0.4) is 0 Å². The molecule has 0 spiro atoms. The summed E-state index contributed by atoms with van der Waals surface area (Å²) in [5.74, 6) is -1.23. The minimum absolute atomic E-state index is 0.00623. The van der Waals surface area contributed by atoms with E-state index in [9.17, 15) is 24.6 Å². The summed E-state index contributed by atoms with van der Waals surface area (Å²) in [7, 11) is 0. The van der Waals surface area contributed by atoms with Crippen molar-refractivity contribution in [2.24, 2.45) is 0 Å². The summed E-state index contributed by atoms with van der Waals surface area (Å²) in [6.07, 6.45) is -2.30. The van der Waals surface area contributed by atoms with Gasteiger partial charge in [0, 0.05) is 12.7 Å². The van der Waals surface area contributed by atoms with Gasteiger partial charge in [-0.25, -0.2) is 9.59 Å². The average molecular weight is 310 g/mol. The normalized spacial score (nSPS) is 16.3. The van der Waals surface area contributed by atoms with Crippen molar-refractivity contribution in [2.45, 2.75) is 25.6 Å². The number of carbonyl (C=O) groups excluding carboxylic acids is 3. The Morgan fingerprint density at radius 1 is 1.29 bits per heavy atom. The van der Waals surface area contributed by atoms with Gasteiger partial charge in [-0.15, -0.1) is 0 Å². The molecule has 0 aliphatic carbocycles. The number of hydrogen-bond acceptors (Lipinski definition) is 7. The van der Waals surface area contributed by atoms with Crippen LogP contribution in [0.1, 0.15) is 45.7 Å². The molecule has 1 heterocycles. The highest BCUT2D eigenvalue weighted by Crippen LogP contribution is 2.30. The van der Waals surface area contributed by atoms with Crippen LogP contribution in [0.5, 0.6) is 0 Å². The number of ether oxygens (including phenoxy) is 1. The van der Waals surface area contributed by atoms with Gasteiger partial charge in [-0.3, -0.25) is 4.79 Å². The second kappa shape index (κ2) is 6.38. The molecule has 2 N–H and O–H groups in total. The van der Waals surface area contributed by atoms with Gasteiger partial charge < -0.3 is 14.9 Å². The van der Waals surface area contributed by atoms with Gasteiger partial charge in [0.15, 0.2) is 5.12 Å². The van der Waals surface area contributed by atoms with Crippen LogP contribution < -0.4 is 0 Å². The van der Waals surface area contributed by atoms with E-state index in [-0.39, 0.29) is 28.2 Å². The Morgan fingerprint density at radius 3 is 2.67 bits per heavy atom. The third-order valence-corrected chi connectivity index (χ3v) is 3.95. The van der Waals surface area contributed by atoms with Crippen molar-refractivity contribution in [2.75, 3.05) is 5.75 Å². The van der Waals surface area contributed by atoms with Gasteiger partial charge in [-0.2, -0.15) is 0 Å². The van der Waals surface area contributed by atoms with E-state index in [2.05, 4.69) is 4.74 Å². The van der Waals surface area contributed by atoms with Gasteiger partial charge in [-0.05, 0) is 18.1 Å². The van der Waals surface area contributed by atoms with Crippen molar-refractivity contribution in [3.63, 3.8) is 0 Å². The Bertz CT molecular complexity index is 597. The molecule has 1 aromatic carbocycles. The molecule has 2 rings (SSSR count). The standard InChI is InChI=1S/C14H14O6S/c1-7(15)21-6-5-10(16)12(17)8-3-2-4-9-11(8)14(19)20-13(9)18/h2-4,10,12,16-17H,5-6H2,1H3. The number of hydrogen-bond donors (Lipinski definition) is 2. The smallest absolute Gasteiger partial charge is 0.347 e. The third-order valence-electron chi connectivity index (χ3n) is 3.11. The van der Waals surface area contributed by atoms with Gasteiger partial charge in [0.2, 0.25) is 0 Å². The third kappa shape index (κ3) is 3.31. The van der Waals surface area contributed by atoms with Gasteiger partial charge in [0.05, 0.1) is 17.2 Å². The Balaban J connectivity index is 2.17. The molecule has 2 unspecified atom stereocenters. The minimum atomic E-state index is -1.33. The van der Waals surface area contributed by atoms with Crippen LogP contribution in [0.4, 0.5) is 0 Å². The van der Waals surface area contributed by atoms with E-state index in [1.54, 1.807) is 0 Å². The van der Waals surface area contributed by atoms with Gasteiger partial charge >= 0.3 is 11.9 Å². The van der Waals surface area contributed by atoms with Crippen LogP contribution in [0, 0.1) is 0 Å². The lowest BCUT2D eigenvalue weighted by Gasteiger charge is -2.19. The SMILES string of the molecule is CC(=O)SCCC(O)C(O)c1cccc2c1C(=O)OC2=O. The van der Waals surface area contributed by atoms with Crippen molar-refractivity contribution in [3.05, 3.63) is 34.9 Å². The van der Waals surface area contributed by atoms with E-state index in [0.717, 1.165) is 11.8 Å². The molecule has 0 saturated heterocycles. The van der Waals surface area contributed by atoms with Crippen LogP contribution in [0.15, 0.2) is 18.2 Å². The first kappa shape index (κ1) is 15.7. The molecule has 0 bridgehead atoms. The second-order valence-corrected chi connectivity index (χ2v) is 5.86. The first-order chi connectivity index (χ1) is 9.91. The Hall–Kier alpha value is -1.70. The monoisotopic (exact) mass is 310 g/mol. The number of aliphatic hydroxyl groups excluding tert-OH is 2. The molecule has 112 valence electrons. The molecule has 21 heavy (non-hydrogen) atoms. The van der Waals surface area contributed by atoms with Crippen LogP contribution in [0.25, 0.3) is 0 Å². The number of fused-ring (bicyclic) bond motifs is 1. The topological polar surface area (TPSA) is 101 Å². The lowest BCUT2D eigenvalue weighted by atomic mass is 9.95. The molecule has 1 aliphatic rings. The van der Waals surface area contributed by atoms with E-state index < -0.39 is 24.1 Å². The Kier molecular flexibility index (Phi) is 4.76.